The van der Waals surface area contributed by atoms with E-state index in [1.54, 1.807) is 0 Å². The van der Waals surface area contributed by atoms with Crippen LogP contribution in [0.1, 0.15) is 56.9 Å². The van der Waals surface area contributed by atoms with E-state index in [2.05, 4.69) is 29.2 Å². The summed E-state index contributed by atoms with van der Waals surface area (Å²) in [6, 6.07) is 8.45. The minimum Gasteiger partial charge on any atom is -0.487 e. The molecule has 1 spiro atoms. The van der Waals surface area contributed by atoms with Gasteiger partial charge in [0.15, 0.2) is 0 Å². The van der Waals surface area contributed by atoms with Crippen molar-refractivity contribution >= 4 is 0 Å². The average molecular weight is 360 g/mol. The molecule has 1 aliphatic carbocycles. The fourth-order valence-corrected chi connectivity index (χ4v) is 4.78. The van der Waals surface area contributed by atoms with Crippen LogP contribution in [0.4, 0.5) is 0 Å². The van der Waals surface area contributed by atoms with Gasteiger partial charge in [-0.15, -0.1) is 0 Å². The first-order valence-electron chi connectivity index (χ1n) is 10.5. The summed E-state index contributed by atoms with van der Waals surface area (Å²) in [5, 5.41) is 10.4. The van der Waals surface area contributed by atoms with Crippen molar-refractivity contribution in [1.82, 2.24) is 4.90 Å². The molecule has 1 atom stereocenters. The second-order valence-electron chi connectivity index (χ2n) is 8.44. The summed E-state index contributed by atoms with van der Waals surface area (Å²) < 4.78 is 12.4. The Bertz CT molecular complexity index is 577. The number of piperidine rings is 1. The summed E-state index contributed by atoms with van der Waals surface area (Å²) in [4.78, 5) is 2.38. The number of aryl methyl sites for hydroxylation is 1. The summed E-state index contributed by atoms with van der Waals surface area (Å²) in [7, 11) is 0. The maximum Gasteiger partial charge on any atom is 0.123 e. The van der Waals surface area contributed by atoms with Gasteiger partial charge in [-0.05, 0) is 50.2 Å². The molecule has 144 valence electrons. The summed E-state index contributed by atoms with van der Waals surface area (Å²) in [5.41, 5.74) is 1.35. The Morgan fingerprint density at radius 2 is 1.88 bits per heavy atom. The van der Waals surface area contributed by atoms with Crippen molar-refractivity contribution in [2.45, 2.75) is 75.6 Å². The Balaban J connectivity index is 1.21. The van der Waals surface area contributed by atoms with Gasteiger partial charge in [-0.2, -0.15) is 0 Å². The van der Waals surface area contributed by atoms with Crippen LogP contribution in [-0.4, -0.2) is 54.1 Å². The van der Waals surface area contributed by atoms with Crippen LogP contribution in [0.25, 0.3) is 0 Å². The molecule has 4 heteroatoms. The second kappa shape index (κ2) is 8.28. The highest BCUT2D eigenvalue weighted by molar-refractivity contribution is 5.36. The molecule has 1 saturated heterocycles. The van der Waals surface area contributed by atoms with Gasteiger partial charge in [0.05, 0.1) is 18.8 Å². The Morgan fingerprint density at radius 1 is 1.12 bits per heavy atom. The smallest absolute Gasteiger partial charge is 0.123 e. The topological polar surface area (TPSA) is 41.9 Å². The number of hydrogen-bond acceptors (Lipinski definition) is 4. The lowest BCUT2D eigenvalue weighted by Gasteiger charge is -2.45. The van der Waals surface area contributed by atoms with Crippen molar-refractivity contribution in [3.8, 4) is 5.75 Å². The number of para-hydroxylation sites is 1. The van der Waals surface area contributed by atoms with E-state index in [4.69, 9.17) is 9.47 Å². The van der Waals surface area contributed by atoms with Gasteiger partial charge in [-0.25, -0.2) is 0 Å². The number of likely N-dealkylation sites (tertiary alicyclic amines) is 1. The monoisotopic (exact) mass is 359 g/mol. The number of aliphatic hydroxyl groups is 1. The molecule has 2 heterocycles. The Labute approximate surface area is 157 Å². The predicted octanol–water partition coefficient (Wildman–Crippen LogP) is 3.56. The van der Waals surface area contributed by atoms with Gasteiger partial charge in [0.25, 0.3) is 0 Å². The molecule has 0 radical (unpaired) electrons. The van der Waals surface area contributed by atoms with Crippen molar-refractivity contribution < 1.29 is 14.6 Å². The molecule has 1 aromatic carbocycles. The molecule has 1 N–H and O–H groups in total. The predicted molar refractivity (Wildman–Crippen MR) is 103 cm³/mol. The molecule has 0 amide bonds. The zero-order valence-corrected chi connectivity index (χ0v) is 15.9. The molecule has 1 unspecified atom stereocenters. The van der Waals surface area contributed by atoms with Crippen LogP contribution in [0.2, 0.25) is 0 Å². The van der Waals surface area contributed by atoms with Crippen molar-refractivity contribution in [3.05, 3.63) is 29.8 Å². The van der Waals surface area contributed by atoms with Crippen LogP contribution in [-0.2, 0) is 11.2 Å². The molecule has 3 aliphatic rings. The molecular weight excluding hydrogens is 326 g/mol. The number of hydrogen-bond donors (Lipinski definition) is 1. The standard InChI is InChI=1S/C22H33NO3/c24-19(17-25-20-7-2-1-3-8-20)16-23-14-12-22(13-15-23)11-10-18-6-4-5-9-21(18)26-22/h4-6,9,19-20,24H,1-3,7-8,10-17H2. The molecule has 4 nitrogen and oxygen atoms in total. The minimum atomic E-state index is -0.376. The third-order valence-corrected chi connectivity index (χ3v) is 6.46. The zero-order valence-electron chi connectivity index (χ0n) is 15.9. The van der Waals surface area contributed by atoms with Gasteiger partial charge < -0.3 is 19.5 Å². The van der Waals surface area contributed by atoms with E-state index in [0.717, 1.165) is 63.9 Å². The molecule has 2 fully saturated rings. The number of benzene rings is 1. The molecule has 0 bridgehead atoms. The lowest BCUT2D eigenvalue weighted by molar-refractivity contribution is -0.0511. The normalized spacial score (nSPS) is 24.8. The van der Waals surface area contributed by atoms with Gasteiger partial charge in [0.1, 0.15) is 11.4 Å². The van der Waals surface area contributed by atoms with Crippen molar-refractivity contribution in [1.29, 1.82) is 0 Å². The molecule has 2 aliphatic heterocycles. The van der Waals surface area contributed by atoms with Crippen molar-refractivity contribution in [2.75, 3.05) is 26.2 Å². The third-order valence-electron chi connectivity index (χ3n) is 6.46. The molecular formula is C22H33NO3. The Morgan fingerprint density at radius 3 is 2.69 bits per heavy atom. The van der Waals surface area contributed by atoms with E-state index in [0.29, 0.717) is 12.7 Å². The summed E-state index contributed by atoms with van der Waals surface area (Å²) in [6.45, 7) is 3.21. The summed E-state index contributed by atoms with van der Waals surface area (Å²) in [6.07, 6.45) is 10.6. The van der Waals surface area contributed by atoms with E-state index in [9.17, 15) is 5.11 Å². The first-order valence-corrected chi connectivity index (χ1v) is 10.5. The highest BCUT2D eigenvalue weighted by Crippen LogP contribution is 2.39. The first kappa shape index (κ1) is 18.3. The number of rotatable bonds is 5. The van der Waals surface area contributed by atoms with Crippen LogP contribution >= 0.6 is 0 Å². The molecule has 1 saturated carbocycles. The van der Waals surface area contributed by atoms with E-state index >= 15 is 0 Å². The third kappa shape index (κ3) is 4.41. The van der Waals surface area contributed by atoms with E-state index in [1.165, 1.54) is 24.8 Å². The van der Waals surface area contributed by atoms with Gasteiger partial charge in [0, 0.05) is 19.6 Å². The summed E-state index contributed by atoms with van der Waals surface area (Å²) in [5.74, 6) is 1.08. The van der Waals surface area contributed by atoms with Crippen LogP contribution in [0, 0.1) is 0 Å². The SMILES string of the molecule is OC(COC1CCCCC1)CN1CCC2(CCc3ccccc3O2)CC1. The molecule has 26 heavy (non-hydrogen) atoms. The molecule has 4 rings (SSSR count). The van der Waals surface area contributed by atoms with Crippen LogP contribution < -0.4 is 4.74 Å². The van der Waals surface area contributed by atoms with E-state index in [-0.39, 0.29) is 11.7 Å². The van der Waals surface area contributed by atoms with Gasteiger partial charge in [-0.1, -0.05) is 37.5 Å². The fourth-order valence-electron chi connectivity index (χ4n) is 4.78. The highest BCUT2D eigenvalue weighted by atomic mass is 16.5. The van der Waals surface area contributed by atoms with Crippen LogP contribution in [0.15, 0.2) is 24.3 Å². The maximum absolute atomic E-state index is 10.4. The van der Waals surface area contributed by atoms with Crippen LogP contribution in [0.5, 0.6) is 5.75 Å². The highest BCUT2D eigenvalue weighted by Gasteiger charge is 2.39. The Hall–Kier alpha value is -1.10. The second-order valence-corrected chi connectivity index (χ2v) is 8.44. The van der Waals surface area contributed by atoms with Gasteiger partial charge in [-0.3, -0.25) is 0 Å². The summed E-state index contributed by atoms with van der Waals surface area (Å²) >= 11 is 0. The lowest BCUT2D eigenvalue weighted by Crippen LogP contribution is -2.51. The quantitative estimate of drug-likeness (QED) is 0.873. The minimum absolute atomic E-state index is 0.00834. The number of ether oxygens (including phenoxy) is 2. The van der Waals surface area contributed by atoms with Crippen LogP contribution in [0.3, 0.4) is 0 Å². The zero-order chi connectivity index (χ0) is 17.8. The van der Waals surface area contributed by atoms with E-state index in [1.807, 2.05) is 0 Å². The van der Waals surface area contributed by atoms with E-state index < -0.39 is 0 Å². The number of nitrogens with zero attached hydrogens (tertiary/aromatic N) is 1. The van der Waals surface area contributed by atoms with Gasteiger partial charge in [0.2, 0.25) is 0 Å². The molecule has 0 aromatic heterocycles. The number of β-amino-alcohol motifs (C(OH)–C–C–N with tert-alkyl or cyclic N) is 1. The fraction of sp³-hybridized carbons (Fsp3) is 0.727. The van der Waals surface area contributed by atoms with Crippen molar-refractivity contribution in [3.63, 3.8) is 0 Å². The van der Waals surface area contributed by atoms with Gasteiger partial charge >= 0.3 is 0 Å². The maximum atomic E-state index is 10.4. The number of aliphatic hydroxyl groups excluding tert-OH is 1. The Kier molecular flexibility index (Phi) is 5.82. The lowest BCUT2D eigenvalue weighted by atomic mass is 9.83. The van der Waals surface area contributed by atoms with Crippen molar-refractivity contribution in [2.24, 2.45) is 0 Å². The average Bonchev–Trinajstić information content (AvgIpc) is 2.69. The molecule has 1 aromatic rings. The number of fused-ring (bicyclic) bond motifs is 1. The largest absolute Gasteiger partial charge is 0.487 e. The first-order chi connectivity index (χ1) is 12.7.